The van der Waals surface area contributed by atoms with Crippen LogP contribution in [0.2, 0.25) is 0 Å². The molecular weight excluding hydrogens is 1600 g/mol. The summed E-state index contributed by atoms with van der Waals surface area (Å²) < 4.78 is 6.34. The van der Waals surface area contributed by atoms with Crippen molar-refractivity contribution in [3.63, 3.8) is 0 Å². The Bertz CT molecular complexity index is 4120. The van der Waals surface area contributed by atoms with Crippen molar-refractivity contribution in [3.8, 4) is 0 Å². The van der Waals surface area contributed by atoms with E-state index in [4.69, 9.17) is 4.74 Å². The quantitative estimate of drug-likeness (QED) is 0.0189. The summed E-state index contributed by atoms with van der Waals surface area (Å²) in [5.41, 5.74) is 13.5. The second kappa shape index (κ2) is 46.9. The zero-order chi connectivity index (χ0) is 95.0. The first-order valence-corrected chi connectivity index (χ1v) is 51.8. The number of rotatable bonds is 29. The third kappa shape index (κ3) is 26.6. The Morgan fingerprint density at radius 3 is 1.36 bits per heavy atom. The van der Waals surface area contributed by atoms with Gasteiger partial charge in [0, 0.05) is 32.3 Å². The summed E-state index contributed by atoms with van der Waals surface area (Å²) in [5, 5.41) is 122. The summed E-state index contributed by atoms with van der Waals surface area (Å²) >= 11 is 0. The molecule has 11 saturated carbocycles. The van der Waals surface area contributed by atoms with Gasteiger partial charge in [0.05, 0.1) is 77.3 Å². The third-order valence-corrected chi connectivity index (χ3v) is 36.3. The van der Waals surface area contributed by atoms with Crippen LogP contribution in [0.15, 0.2) is 190 Å². The minimum absolute atomic E-state index is 0.169. The van der Waals surface area contributed by atoms with Gasteiger partial charge in [0.15, 0.2) is 0 Å². The first-order chi connectivity index (χ1) is 60.8. The average Bonchev–Trinajstić information content (AvgIpc) is 1.57. The molecule has 13 nitrogen and oxygen atoms in total. The Labute approximate surface area is 783 Å². The second-order valence-electron chi connectivity index (χ2n) is 44.9. The fraction of sp³-hybridized carbons (Fsp3) is 0.724. The fourth-order valence-electron chi connectivity index (χ4n) is 26.9. The van der Waals surface area contributed by atoms with Crippen LogP contribution in [-0.4, -0.2) is 145 Å². The van der Waals surface area contributed by atoms with Gasteiger partial charge in [0.1, 0.15) is 0 Å². The monoisotopic (exact) mass is 1790 g/mol. The maximum Gasteiger partial charge on any atom is 0.0825 e. The summed E-state index contributed by atoms with van der Waals surface area (Å²) in [6.45, 7) is 54.8. The molecule has 12 aliphatic rings. The van der Waals surface area contributed by atoms with E-state index in [1.807, 2.05) is 59.8 Å². The van der Waals surface area contributed by atoms with Crippen molar-refractivity contribution >= 4 is 0 Å². The van der Waals surface area contributed by atoms with Crippen LogP contribution < -0.4 is 0 Å². The van der Waals surface area contributed by atoms with Crippen LogP contribution in [0.5, 0.6) is 0 Å². The molecule has 0 saturated heterocycles. The molecule has 129 heavy (non-hydrogen) atoms. The highest BCUT2D eigenvalue weighted by molar-refractivity contribution is 5.44. The summed E-state index contributed by atoms with van der Waals surface area (Å²) in [5.74, 6) is 5.36. The van der Waals surface area contributed by atoms with E-state index in [1.54, 1.807) is 11.1 Å². The molecule has 0 amide bonds. The molecule has 0 aliphatic heterocycles. The molecule has 0 aromatic heterocycles. The van der Waals surface area contributed by atoms with Gasteiger partial charge in [0.25, 0.3) is 0 Å². The van der Waals surface area contributed by atoms with Crippen molar-refractivity contribution in [2.45, 2.75) is 445 Å². The van der Waals surface area contributed by atoms with Crippen LogP contribution in [0, 0.1) is 80.3 Å². The van der Waals surface area contributed by atoms with Crippen molar-refractivity contribution in [1.29, 1.82) is 0 Å². The van der Waals surface area contributed by atoms with Gasteiger partial charge in [-0.05, 0) is 358 Å². The molecule has 0 aromatic carbocycles. The Balaban J connectivity index is 0.000000194. The highest BCUT2D eigenvalue weighted by Gasteiger charge is 2.59. The normalized spacial score (nSPS) is 37.1. The number of hydrogen-bond donors (Lipinski definition) is 12. The Hall–Kier alpha value is -4.68. The molecule has 11 fully saturated rings. The van der Waals surface area contributed by atoms with Crippen LogP contribution >= 0.6 is 0 Å². The van der Waals surface area contributed by atoms with E-state index in [-0.39, 0.29) is 27.8 Å². The summed E-state index contributed by atoms with van der Waals surface area (Å²) in [4.78, 5) is 0. The standard InChI is InChI=1S/C31H48O3.C29H48O4.C29H44O3.C27H44O3/c1-7-31(34,8-2)18-10-9-12-22(3)27-16-19-29(5)25(13-11-17-30(27,29)6)15-14-24-20-26(32)21-28(33)23(24)4;1-6-29(32,7-2)16-9-17-33-21(4)25-13-14-26-22(10-8-15-28(25,26)5)11-12-23-18-24(30)19-27(31)20(23)3;1-6-29(32,7-2)17-8-10-20(3)25-14-15-26-22(11-9-16-28(25,26)5)12-13-23-18-24(30)19-27(31)21(23)4;1-18(8-6-14-26(3,4)30)23-12-13-24-20(9-7-15-27(23,24)5)10-11-21-16-22(28)17-25(29)19(21)2/h9-10,12,14-15,18,22,26-28,32-34H,4,7-8,11,13,16-17,19-21H2,1-3,5-6H3;11-12,21,24-27,30-32H,3,6-10,13-19H2,1-2,4-5H3;8,12-14,17,20,24,26-27,30-32H,4,6-7,9-11,15-16,18-19H2,1-3,5H3;10-11,18,22-25,28-30H,2,6-9,12-17H2,1,3-5H3/b12-9+,18-10+,24-14-,25-15+;22-11+,23-12-;17-8+,22-12+,23-13-;20-10+,21-11-/t22-,26-,27-,28+,29+,30-;21-,24-,25-,26+,27+,28-;20-,24+,26?,27-,28+;18-,22+,23+,24-,25-,27+/m1100/s1. The Kier molecular flexibility index (Phi) is 39.3. The lowest BCUT2D eigenvalue weighted by Gasteiger charge is -2.51. The van der Waals surface area contributed by atoms with Crippen molar-refractivity contribution in [3.05, 3.63) is 190 Å². The van der Waals surface area contributed by atoms with E-state index in [0.717, 1.165) is 153 Å². The molecule has 1 unspecified atom stereocenters. The molecule has 0 aromatic rings. The average molecular weight is 1790 g/mol. The van der Waals surface area contributed by atoms with Crippen LogP contribution in [0.1, 0.15) is 368 Å². The highest BCUT2D eigenvalue weighted by atomic mass is 16.5. The maximum absolute atomic E-state index is 10.5. The third-order valence-electron chi connectivity index (χ3n) is 36.3. The molecule has 12 N–H and O–H groups in total. The van der Waals surface area contributed by atoms with Crippen LogP contribution in [0.25, 0.3) is 0 Å². The zero-order valence-electron chi connectivity index (χ0n) is 83.9. The molecule has 726 valence electrons. The number of fused-ring (bicyclic) bond motifs is 4. The maximum atomic E-state index is 10.5. The van der Waals surface area contributed by atoms with E-state index < -0.39 is 71.2 Å². The Morgan fingerprint density at radius 1 is 0.465 bits per heavy atom. The van der Waals surface area contributed by atoms with E-state index in [1.165, 1.54) is 119 Å². The number of ether oxygens (including phenoxy) is 1. The minimum Gasteiger partial charge on any atom is -0.393 e. The SMILES string of the molecule is C=C1/C(=C\C=C2/CCC[C@]3(C)C([C@@H](C)C/C=C/C(O)(CC)CC)=CCC23)C[C@@H](O)C[C@@H]1O.C=C1/C(=C\C=C2/CCC[C@]3(C)[C@@H]([C@@H](C)CCCC(C)(C)O)CC[C@@H]23)C[C@@H](O)C[C@@H]1O.C=C1/C(=C\C=C2/CCC[C@]3(C)[C@@H]([C@@H](C)OCCCC(O)(CC)CC)CC[C@@H]23)C[C@@H](O)C[C@@H]1O.C=C1/C(=C\C=C2/CCC[C@]3(C)[C@@H]([C@H](C)/C=C/C=C/C(O)(CC)CC)CC[C@@]23C)C[C@@H](O)C[C@@H]1O. The lowest BCUT2D eigenvalue weighted by molar-refractivity contribution is -0.0365. The Morgan fingerprint density at radius 2 is 0.899 bits per heavy atom. The van der Waals surface area contributed by atoms with E-state index in [2.05, 4.69) is 175 Å². The molecule has 0 heterocycles. The van der Waals surface area contributed by atoms with Gasteiger partial charge in [-0.15, -0.1) is 0 Å². The molecular formula is C116H184O13. The fourth-order valence-corrected chi connectivity index (χ4v) is 26.9. The van der Waals surface area contributed by atoms with Gasteiger partial charge in [-0.2, -0.15) is 0 Å². The largest absolute Gasteiger partial charge is 0.393 e. The van der Waals surface area contributed by atoms with Gasteiger partial charge in [-0.1, -0.05) is 255 Å². The molecule has 0 bridgehead atoms. The number of allylic oxidation sites excluding steroid dienone is 18. The number of aliphatic hydroxyl groups is 12. The van der Waals surface area contributed by atoms with Gasteiger partial charge >= 0.3 is 0 Å². The second-order valence-corrected chi connectivity index (χ2v) is 44.9. The van der Waals surface area contributed by atoms with Gasteiger partial charge in [0.2, 0.25) is 0 Å². The molecule has 12 aliphatic carbocycles. The lowest BCUT2D eigenvalue weighted by Crippen LogP contribution is -2.42. The first kappa shape index (κ1) is 108. The van der Waals surface area contributed by atoms with Crippen LogP contribution in [0.4, 0.5) is 0 Å². The molecule has 12 rings (SSSR count). The predicted molar refractivity (Wildman–Crippen MR) is 534 cm³/mol. The number of hydrogen-bond acceptors (Lipinski definition) is 13. The van der Waals surface area contributed by atoms with Crippen molar-refractivity contribution in [1.82, 2.24) is 0 Å². The zero-order valence-corrected chi connectivity index (χ0v) is 83.9. The summed E-state index contributed by atoms with van der Waals surface area (Å²) in [6, 6.07) is 0. The lowest BCUT2D eigenvalue weighted by atomic mass is 9.53. The molecule has 0 radical (unpaired) electrons. The summed E-state index contributed by atoms with van der Waals surface area (Å²) in [6.07, 6.45) is 65.9. The van der Waals surface area contributed by atoms with E-state index in [0.29, 0.717) is 104 Å². The molecule has 0 spiro atoms. The van der Waals surface area contributed by atoms with Gasteiger partial charge < -0.3 is 66.0 Å². The highest BCUT2D eigenvalue weighted by Crippen LogP contribution is 2.68. The number of aliphatic hydroxyl groups excluding tert-OH is 8. The van der Waals surface area contributed by atoms with Crippen LogP contribution in [0.3, 0.4) is 0 Å². The van der Waals surface area contributed by atoms with Crippen molar-refractivity contribution < 1.29 is 66.0 Å². The van der Waals surface area contributed by atoms with Crippen molar-refractivity contribution in [2.24, 2.45) is 80.3 Å². The van der Waals surface area contributed by atoms with Gasteiger partial charge in [-0.25, -0.2) is 0 Å². The predicted octanol–water partition coefficient (Wildman–Crippen LogP) is 24.6. The van der Waals surface area contributed by atoms with Crippen molar-refractivity contribution in [2.75, 3.05) is 6.61 Å². The first-order valence-electron chi connectivity index (χ1n) is 51.8. The molecule has 13 heteroatoms. The molecule has 23 atom stereocenters. The minimum atomic E-state index is -0.696. The van der Waals surface area contributed by atoms with E-state index in [9.17, 15) is 61.3 Å². The topological polar surface area (TPSA) is 252 Å². The van der Waals surface area contributed by atoms with Crippen LogP contribution in [-0.2, 0) is 4.74 Å². The van der Waals surface area contributed by atoms with Gasteiger partial charge in [-0.3, -0.25) is 0 Å². The summed E-state index contributed by atoms with van der Waals surface area (Å²) in [7, 11) is 0. The smallest absolute Gasteiger partial charge is 0.0825 e. The van der Waals surface area contributed by atoms with E-state index >= 15 is 0 Å².